The Morgan fingerprint density at radius 3 is 2.89 bits per heavy atom. The SMILES string of the molecule is Cc1ccc2[nH]c(C3Cc4ccccc4N3)nc2n1. The van der Waals surface area contributed by atoms with Crippen LogP contribution in [0, 0.1) is 6.92 Å². The molecule has 3 heterocycles. The minimum absolute atomic E-state index is 0.215. The molecular weight excluding hydrogens is 236 g/mol. The predicted molar refractivity (Wildman–Crippen MR) is 75.1 cm³/mol. The van der Waals surface area contributed by atoms with Gasteiger partial charge in [0.05, 0.1) is 11.6 Å². The van der Waals surface area contributed by atoms with Crippen molar-refractivity contribution in [3.05, 3.63) is 53.5 Å². The first-order valence-corrected chi connectivity index (χ1v) is 6.47. The summed E-state index contributed by atoms with van der Waals surface area (Å²) in [5.41, 5.74) is 5.34. The maximum absolute atomic E-state index is 4.61. The van der Waals surface area contributed by atoms with Gasteiger partial charge in [0.15, 0.2) is 5.65 Å². The van der Waals surface area contributed by atoms with E-state index in [-0.39, 0.29) is 6.04 Å². The lowest BCUT2D eigenvalue weighted by Crippen LogP contribution is -2.07. The quantitative estimate of drug-likeness (QED) is 0.698. The first-order valence-electron chi connectivity index (χ1n) is 6.47. The fraction of sp³-hybridized carbons (Fsp3) is 0.200. The standard InChI is InChI=1S/C15H14N4/c1-9-6-7-12-14(16-9)19-15(18-12)13-8-10-4-2-3-5-11(10)17-13/h2-7,13,17H,8H2,1H3,(H,16,18,19). The van der Waals surface area contributed by atoms with Crippen LogP contribution in [-0.2, 0) is 6.42 Å². The van der Waals surface area contributed by atoms with Crippen LogP contribution in [0.15, 0.2) is 36.4 Å². The molecule has 1 atom stereocenters. The van der Waals surface area contributed by atoms with Crippen molar-refractivity contribution >= 4 is 16.9 Å². The number of aryl methyl sites for hydroxylation is 1. The Bertz CT molecular complexity index is 735. The number of aromatic nitrogens is 3. The van der Waals surface area contributed by atoms with Gasteiger partial charge in [-0.25, -0.2) is 9.97 Å². The summed E-state index contributed by atoms with van der Waals surface area (Å²) in [7, 11) is 0. The Labute approximate surface area is 110 Å². The van der Waals surface area contributed by atoms with E-state index in [4.69, 9.17) is 0 Å². The maximum atomic E-state index is 4.61. The van der Waals surface area contributed by atoms with Crippen LogP contribution >= 0.6 is 0 Å². The normalized spacial score (nSPS) is 17.4. The third-order valence-electron chi connectivity index (χ3n) is 3.60. The van der Waals surface area contributed by atoms with Crippen LogP contribution in [0.3, 0.4) is 0 Å². The predicted octanol–water partition coefficient (Wildman–Crippen LogP) is 2.98. The van der Waals surface area contributed by atoms with Crippen molar-refractivity contribution in [1.82, 2.24) is 15.0 Å². The number of benzene rings is 1. The van der Waals surface area contributed by atoms with Gasteiger partial charge in [-0.3, -0.25) is 0 Å². The monoisotopic (exact) mass is 250 g/mol. The number of fused-ring (bicyclic) bond motifs is 2. The summed E-state index contributed by atoms with van der Waals surface area (Å²) in [6.07, 6.45) is 0.967. The molecule has 0 saturated carbocycles. The van der Waals surface area contributed by atoms with Crippen molar-refractivity contribution in [3.63, 3.8) is 0 Å². The molecule has 4 heteroatoms. The van der Waals surface area contributed by atoms with Gasteiger partial charge in [-0.15, -0.1) is 0 Å². The lowest BCUT2D eigenvalue weighted by molar-refractivity contribution is 0.767. The van der Waals surface area contributed by atoms with E-state index in [1.807, 2.05) is 19.1 Å². The van der Waals surface area contributed by atoms with Gasteiger partial charge in [-0.05, 0) is 30.7 Å². The molecule has 19 heavy (non-hydrogen) atoms. The number of aromatic amines is 1. The van der Waals surface area contributed by atoms with Gasteiger partial charge in [0.2, 0.25) is 0 Å². The number of nitrogens with one attached hydrogen (secondary N) is 2. The van der Waals surface area contributed by atoms with Crippen LogP contribution in [-0.4, -0.2) is 15.0 Å². The number of rotatable bonds is 1. The van der Waals surface area contributed by atoms with E-state index < -0.39 is 0 Å². The zero-order chi connectivity index (χ0) is 12.8. The molecule has 2 N–H and O–H groups in total. The average molecular weight is 250 g/mol. The Hall–Kier alpha value is -2.36. The van der Waals surface area contributed by atoms with E-state index >= 15 is 0 Å². The average Bonchev–Trinajstić information content (AvgIpc) is 3.00. The van der Waals surface area contributed by atoms with Crippen LogP contribution in [0.25, 0.3) is 11.2 Å². The highest BCUT2D eigenvalue weighted by Gasteiger charge is 2.24. The molecule has 0 saturated heterocycles. The highest BCUT2D eigenvalue weighted by molar-refractivity contribution is 5.71. The van der Waals surface area contributed by atoms with Crippen molar-refractivity contribution in [1.29, 1.82) is 0 Å². The molecule has 94 valence electrons. The molecule has 0 amide bonds. The fourth-order valence-electron chi connectivity index (χ4n) is 2.63. The molecule has 0 spiro atoms. The largest absolute Gasteiger partial charge is 0.375 e. The second-order valence-electron chi connectivity index (χ2n) is 5.00. The number of hydrogen-bond acceptors (Lipinski definition) is 3. The first-order chi connectivity index (χ1) is 9.29. The van der Waals surface area contributed by atoms with E-state index in [9.17, 15) is 0 Å². The number of anilines is 1. The molecule has 1 aromatic carbocycles. The van der Waals surface area contributed by atoms with Gasteiger partial charge in [-0.1, -0.05) is 18.2 Å². The molecule has 0 bridgehead atoms. The Kier molecular flexibility index (Phi) is 2.12. The minimum Gasteiger partial charge on any atom is -0.375 e. The van der Waals surface area contributed by atoms with E-state index in [2.05, 4.69) is 44.5 Å². The van der Waals surface area contributed by atoms with Crippen molar-refractivity contribution in [2.24, 2.45) is 0 Å². The van der Waals surface area contributed by atoms with E-state index in [0.717, 1.165) is 29.1 Å². The van der Waals surface area contributed by atoms with Gasteiger partial charge in [0.1, 0.15) is 5.82 Å². The van der Waals surface area contributed by atoms with Crippen molar-refractivity contribution in [2.45, 2.75) is 19.4 Å². The summed E-state index contributed by atoms with van der Waals surface area (Å²) in [6, 6.07) is 12.7. The lowest BCUT2D eigenvalue weighted by Gasteiger charge is -2.06. The molecule has 3 aromatic rings. The summed E-state index contributed by atoms with van der Waals surface area (Å²) >= 11 is 0. The smallest absolute Gasteiger partial charge is 0.178 e. The summed E-state index contributed by atoms with van der Waals surface area (Å²) in [4.78, 5) is 12.4. The number of pyridine rings is 1. The zero-order valence-corrected chi connectivity index (χ0v) is 10.6. The molecule has 1 aliphatic rings. The number of H-pyrrole nitrogens is 1. The van der Waals surface area contributed by atoms with Crippen LogP contribution < -0.4 is 5.32 Å². The van der Waals surface area contributed by atoms with Gasteiger partial charge < -0.3 is 10.3 Å². The summed E-state index contributed by atoms with van der Waals surface area (Å²) in [5.74, 6) is 0.962. The zero-order valence-electron chi connectivity index (χ0n) is 10.6. The molecule has 1 aliphatic heterocycles. The number of imidazole rings is 1. The number of hydrogen-bond donors (Lipinski definition) is 2. The van der Waals surface area contributed by atoms with E-state index in [1.54, 1.807) is 0 Å². The third kappa shape index (κ3) is 1.68. The summed E-state index contributed by atoms with van der Waals surface area (Å²) < 4.78 is 0. The van der Waals surface area contributed by atoms with Gasteiger partial charge in [0, 0.05) is 17.8 Å². The van der Waals surface area contributed by atoms with Crippen LogP contribution in [0.1, 0.15) is 23.1 Å². The Balaban J connectivity index is 1.73. The molecule has 4 nitrogen and oxygen atoms in total. The molecule has 1 unspecified atom stereocenters. The summed E-state index contributed by atoms with van der Waals surface area (Å²) in [6.45, 7) is 1.98. The molecular formula is C15H14N4. The molecule has 0 fully saturated rings. The van der Waals surface area contributed by atoms with E-state index in [0.29, 0.717) is 0 Å². The van der Waals surface area contributed by atoms with E-state index in [1.165, 1.54) is 11.3 Å². The van der Waals surface area contributed by atoms with Crippen LogP contribution in [0.5, 0.6) is 0 Å². The van der Waals surface area contributed by atoms with Crippen molar-refractivity contribution in [3.8, 4) is 0 Å². The highest BCUT2D eigenvalue weighted by Crippen LogP contribution is 2.33. The second-order valence-corrected chi connectivity index (χ2v) is 5.00. The van der Waals surface area contributed by atoms with Gasteiger partial charge in [-0.2, -0.15) is 0 Å². The number of nitrogens with zero attached hydrogens (tertiary/aromatic N) is 2. The molecule has 4 rings (SSSR count). The topological polar surface area (TPSA) is 53.6 Å². The fourth-order valence-corrected chi connectivity index (χ4v) is 2.63. The van der Waals surface area contributed by atoms with Gasteiger partial charge in [0.25, 0.3) is 0 Å². The third-order valence-corrected chi connectivity index (χ3v) is 3.60. The molecule has 0 radical (unpaired) electrons. The maximum Gasteiger partial charge on any atom is 0.178 e. The Morgan fingerprint density at radius 1 is 1.11 bits per heavy atom. The number of para-hydroxylation sites is 1. The van der Waals surface area contributed by atoms with Crippen LogP contribution in [0.4, 0.5) is 5.69 Å². The molecule has 2 aromatic heterocycles. The van der Waals surface area contributed by atoms with Crippen LogP contribution in [0.2, 0.25) is 0 Å². The lowest BCUT2D eigenvalue weighted by atomic mass is 10.1. The highest BCUT2D eigenvalue weighted by atomic mass is 15.1. The first kappa shape index (κ1) is 10.6. The molecule has 0 aliphatic carbocycles. The second kappa shape index (κ2) is 3.82. The van der Waals surface area contributed by atoms with Crippen molar-refractivity contribution in [2.75, 3.05) is 5.32 Å². The Morgan fingerprint density at radius 2 is 2.00 bits per heavy atom. The minimum atomic E-state index is 0.215. The van der Waals surface area contributed by atoms with Crippen molar-refractivity contribution < 1.29 is 0 Å². The summed E-state index contributed by atoms with van der Waals surface area (Å²) in [5, 5.41) is 3.50. The van der Waals surface area contributed by atoms with Gasteiger partial charge >= 0.3 is 0 Å².